The van der Waals surface area contributed by atoms with Gasteiger partial charge in [0.15, 0.2) is 0 Å². The van der Waals surface area contributed by atoms with Gasteiger partial charge in [0.05, 0.1) is 4.90 Å². The molecule has 0 atom stereocenters. The van der Waals surface area contributed by atoms with Crippen molar-refractivity contribution in [1.29, 1.82) is 0 Å². The molecule has 4 nitrogen and oxygen atoms in total. The number of rotatable bonds is 5. The summed E-state index contributed by atoms with van der Waals surface area (Å²) in [7, 11) is -3.51. The lowest BCUT2D eigenvalue weighted by Crippen LogP contribution is -2.26. The van der Waals surface area contributed by atoms with Gasteiger partial charge in [0.25, 0.3) is 0 Å². The molecule has 0 spiro atoms. The number of aryl methyl sites for hydroxylation is 1. The van der Waals surface area contributed by atoms with E-state index in [0.717, 1.165) is 5.56 Å². The highest BCUT2D eigenvalue weighted by Crippen LogP contribution is 2.18. The maximum atomic E-state index is 12.2. The summed E-state index contributed by atoms with van der Waals surface area (Å²) >= 11 is 0. The maximum Gasteiger partial charge on any atom is 0.240 e. The van der Waals surface area contributed by atoms with Crippen LogP contribution in [0.1, 0.15) is 11.1 Å². The van der Waals surface area contributed by atoms with Gasteiger partial charge in [-0.3, -0.25) is 0 Å². The monoisotopic (exact) mass is 290 g/mol. The molecular weight excluding hydrogens is 272 g/mol. The molecule has 20 heavy (non-hydrogen) atoms. The second-order valence-corrected chi connectivity index (χ2v) is 6.39. The number of nitrogen functional groups attached to an aromatic ring is 1. The van der Waals surface area contributed by atoms with E-state index in [1.54, 1.807) is 19.1 Å². The van der Waals surface area contributed by atoms with Gasteiger partial charge in [0.1, 0.15) is 0 Å². The van der Waals surface area contributed by atoms with Gasteiger partial charge in [-0.05, 0) is 36.6 Å². The van der Waals surface area contributed by atoms with Crippen LogP contribution in [0.3, 0.4) is 0 Å². The fraction of sp³-hybridized carbons (Fsp3) is 0.200. The fourth-order valence-corrected chi connectivity index (χ4v) is 3.27. The molecule has 0 aliphatic rings. The third kappa shape index (κ3) is 3.59. The highest BCUT2D eigenvalue weighted by molar-refractivity contribution is 7.89. The number of hydrogen-bond donors (Lipinski definition) is 2. The summed E-state index contributed by atoms with van der Waals surface area (Å²) in [5, 5.41) is 0. The minimum Gasteiger partial charge on any atom is -0.399 e. The van der Waals surface area contributed by atoms with Crippen molar-refractivity contribution in [1.82, 2.24) is 4.72 Å². The number of nitrogens with one attached hydrogen (secondary N) is 1. The van der Waals surface area contributed by atoms with E-state index in [1.165, 1.54) is 6.07 Å². The van der Waals surface area contributed by atoms with Gasteiger partial charge in [-0.25, -0.2) is 13.1 Å². The van der Waals surface area contributed by atoms with Gasteiger partial charge in [0.2, 0.25) is 10.0 Å². The third-order valence-electron chi connectivity index (χ3n) is 3.05. The molecule has 106 valence electrons. The predicted octanol–water partition coefficient (Wildman–Crippen LogP) is 2.10. The van der Waals surface area contributed by atoms with E-state index in [-0.39, 0.29) is 4.90 Å². The largest absolute Gasteiger partial charge is 0.399 e. The lowest BCUT2D eigenvalue weighted by Gasteiger charge is -2.10. The van der Waals surface area contributed by atoms with E-state index in [1.807, 2.05) is 30.3 Å². The van der Waals surface area contributed by atoms with E-state index in [9.17, 15) is 8.42 Å². The number of anilines is 1. The van der Waals surface area contributed by atoms with E-state index in [4.69, 9.17) is 5.73 Å². The Morgan fingerprint density at radius 1 is 1.10 bits per heavy atom. The van der Waals surface area contributed by atoms with Crippen LogP contribution in [0.4, 0.5) is 5.69 Å². The van der Waals surface area contributed by atoms with E-state index in [0.29, 0.717) is 24.2 Å². The summed E-state index contributed by atoms with van der Waals surface area (Å²) in [6.45, 7) is 2.12. The minimum absolute atomic E-state index is 0.241. The molecule has 0 fully saturated rings. The highest BCUT2D eigenvalue weighted by Gasteiger charge is 2.16. The number of benzene rings is 2. The summed E-state index contributed by atoms with van der Waals surface area (Å²) in [4.78, 5) is 0.241. The zero-order valence-electron chi connectivity index (χ0n) is 11.3. The van der Waals surface area contributed by atoms with E-state index >= 15 is 0 Å². The first kappa shape index (κ1) is 14.6. The van der Waals surface area contributed by atoms with Gasteiger partial charge in [-0.15, -0.1) is 0 Å². The van der Waals surface area contributed by atoms with Gasteiger partial charge in [-0.1, -0.05) is 36.4 Å². The Bertz CT molecular complexity index is 682. The Labute approximate surface area is 119 Å². The van der Waals surface area contributed by atoms with E-state index in [2.05, 4.69) is 4.72 Å². The molecule has 0 radical (unpaired) electrons. The molecule has 2 rings (SSSR count). The first-order chi connectivity index (χ1) is 9.49. The SMILES string of the molecule is Cc1ccc(N)cc1S(=O)(=O)NCCc1ccccc1. The Morgan fingerprint density at radius 3 is 2.50 bits per heavy atom. The van der Waals surface area contributed by atoms with Crippen molar-refractivity contribution in [3.05, 3.63) is 59.7 Å². The quantitative estimate of drug-likeness (QED) is 0.828. The summed E-state index contributed by atoms with van der Waals surface area (Å²) in [5.41, 5.74) is 7.88. The predicted molar refractivity (Wildman–Crippen MR) is 80.9 cm³/mol. The normalized spacial score (nSPS) is 11.4. The van der Waals surface area contributed by atoms with Crippen molar-refractivity contribution >= 4 is 15.7 Å². The molecule has 3 N–H and O–H groups in total. The van der Waals surface area contributed by atoms with Crippen LogP contribution in [0.25, 0.3) is 0 Å². The average molecular weight is 290 g/mol. The van der Waals surface area contributed by atoms with E-state index < -0.39 is 10.0 Å². The Hall–Kier alpha value is -1.85. The van der Waals surface area contributed by atoms with Crippen LogP contribution in [0.2, 0.25) is 0 Å². The molecule has 2 aromatic carbocycles. The molecule has 0 bridgehead atoms. The van der Waals surface area contributed by atoms with Crippen LogP contribution < -0.4 is 10.5 Å². The summed E-state index contributed by atoms with van der Waals surface area (Å²) in [5.74, 6) is 0. The van der Waals surface area contributed by atoms with Gasteiger partial charge < -0.3 is 5.73 Å². The Balaban J connectivity index is 2.06. The van der Waals surface area contributed by atoms with Crippen molar-refractivity contribution < 1.29 is 8.42 Å². The lowest BCUT2D eigenvalue weighted by atomic mass is 10.2. The van der Waals surface area contributed by atoms with Crippen molar-refractivity contribution in [3.63, 3.8) is 0 Å². The van der Waals surface area contributed by atoms with Crippen molar-refractivity contribution in [3.8, 4) is 0 Å². The van der Waals surface area contributed by atoms with Crippen LogP contribution in [0.5, 0.6) is 0 Å². The van der Waals surface area contributed by atoms with Crippen molar-refractivity contribution in [2.24, 2.45) is 0 Å². The van der Waals surface area contributed by atoms with Gasteiger partial charge in [-0.2, -0.15) is 0 Å². The number of nitrogens with two attached hydrogens (primary N) is 1. The summed E-state index contributed by atoms with van der Waals surface area (Å²) in [6.07, 6.45) is 0.654. The van der Waals surface area contributed by atoms with Crippen molar-refractivity contribution in [2.75, 3.05) is 12.3 Å². The number of sulfonamides is 1. The molecule has 0 saturated heterocycles. The van der Waals surface area contributed by atoms with Crippen LogP contribution in [0, 0.1) is 6.92 Å². The molecule has 0 aliphatic heterocycles. The van der Waals surface area contributed by atoms with Crippen LogP contribution >= 0.6 is 0 Å². The standard InChI is InChI=1S/C15H18N2O2S/c1-12-7-8-14(16)11-15(12)20(18,19)17-10-9-13-5-3-2-4-6-13/h2-8,11,17H,9-10,16H2,1H3. The lowest BCUT2D eigenvalue weighted by molar-refractivity contribution is 0.581. The van der Waals surface area contributed by atoms with Crippen LogP contribution in [-0.2, 0) is 16.4 Å². The molecular formula is C15H18N2O2S. The first-order valence-corrected chi connectivity index (χ1v) is 7.87. The molecule has 0 aliphatic carbocycles. The smallest absolute Gasteiger partial charge is 0.240 e. The van der Waals surface area contributed by atoms with Crippen LogP contribution in [0.15, 0.2) is 53.4 Å². The Morgan fingerprint density at radius 2 is 1.80 bits per heavy atom. The molecule has 0 unspecified atom stereocenters. The summed E-state index contributed by atoms with van der Waals surface area (Å²) < 4.78 is 27.1. The second-order valence-electron chi connectivity index (χ2n) is 4.66. The third-order valence-corrected chi connectivity index (χ3v) is 4.65. The zero-order valence-corrected chi connectivity index (χ0v) is 12.2. The molecule has 2 aromatic rings. The molecule has 0 saturated carbocycles. The number of hydrogen-bond acceptors (Lipinski definition) is 3. The van der Waals surface area contributed by atoms with Crippen LogP contribution in [-0.4, -0.2) is 15.0 Å². The second kappa shape index (κ2) is 6.07. The molecule has 0 heterocycles. The zero-order chi connectivity index (χ0) is 14.6. The summed E-state index contributed by atoms with van der Waals surface area (Å²) in [6, 6.07) is 14.6. The van der Waals surface area contributed by atoms with Crippen molar-refractivity contribution in [2.45, 2.75) is 18.2 Å². The molecule has 0 amide bonds. The maximum absolute atomic E-state index is 12.2. The molecule has 0 aromatic heterocycles. The topological polar surface area (TPSA) is 72.2 Å². The average Bonchev–Trinajstić information content (AvgIpc) is 2.42. The Kier molecular flexibility index (Phi) is 4.42. The highest BCUT2D eigenvalue weighted by atomic mass is 32.2. The van der Waals surface area contributed by atoms with Gasteiger partial charge >= 0.3 is 0 Å². The molecule has 5 heteroatoms. The minimum atomic E-state index is -3.51. The first-order valence-electron chi connectivity index (χ1n) is 6.39. The van der Waals surface area contributed by atoms with Gasteiger partial charge in [0, 0.05) is 12.2 Å². The fourth-order valence-electron chi connectivity index (χ4n) is 1.96.